The third-order valence-electron chi connectivity index (χ3n) is 4.29. The molecule has 1 atom stereocenters. The zero-order chi connectivity index (χ0) is 18.2. The second-order valence-corrected chi connectivity index (χ2v) is 6.40. The third-order valence-corrected chi connectivity index (χ3v) is 4.29. The van der Waals surface area contributed by atoms with Gasteiger partial charge in [-0.15, -0.1) is 0 Å². The average molecular weight is 340 g/mol. The van der Waals surface area contributed by atoms with Crippen LogP contribution in [0.15, 0.2) is 48.5 Å². The fraction of sp³-hybridized carbons (Fsp3) is 0.381. The Morgan fingerprint density at radius 1 is 1.08 bits per heavy atom. The van der Waals surface area contributed by atoms with Crippen molar-refractivity contribution in [3.8, 4) is 5.75 Å². The monoisotopic (exact) mass is 340 g/mol. The van der Waals surface area contributed by atoms with Gasteiger partial charge in [-0.2, -0.15) is 0 Å². The number of benzene rings is 2. The summed E-state index contributed by atoms with van der Waals surface area (Å²) in [7, 11) is 3.60. The predicted molar refractivity (Wildman–Crippen MR) is 102 cm³/mol. The first kappa shape index (κ1) is 19.0. The molecule has 4 heteroatoms. The molecule has 0 bridgehead atoms. The molecule has 0 aliphatic carbocycles. The first-order valence-corrected chi connectivity index (χ1v) is 8.71. The normalized spacial score (nSPS) is 12.0. The minimum atomic E-state index is 0.00722. The van der Waals surface area contributed by atoms with E-state index in [0.717, 1.165) is 29.8 Å². The van der Waals surface area contributed by atoms with E-state index < -0.39 is 0 Å². The number of nitrogens with zero attached hydrogens (tertiary/aromatic N) is 1. The van der Waals surface area contributed by atoms with E-state index in [9.17, 15) is 4.79 Å². The van der Waals surface area contributed by atoms with Crippen molar-refractivity contribution in [2.24, 2.45) is 0 Å². The second kappa shape index (κ2) is 9.23. The standard InChI is InChI=1S/C21H28N2O2/c1-5-17-6-10-19(11-7-17)16(2)22-21(24)15-23(3)14-18-8-12-20(25-4)13-9-18/h6-13,16H,5,14-15H2,1-4H3,(H,22,24). The Labute approximate surface area is 150 Å². The van der Waals surface area contributed by atoms with Crippen molar-refractivity contribution in [2.75, 3.05) is 20.7 Å². The molecule has 0 spiro atoms. The summed E-state index contributed by atoms with van der Waals surface area (Å²) in [4.78, 5) is 14.3. The zero-order valence-corrected chi connectivity index (χ0v) is 15.6. The molecule has 2 aromatic carbocycles. The molecule has 1 unspecified atom stereocenters. The summed E-state index contributed by atoms with van der Waals surface area (Å²) in [6.07, 6.45) is 1.02. The van der Waals surface area contributed by atoms with Gasteiger partial charge in [-0.25, -0.2) is 0 Å². The van der Waals surface area contributed by atoms with Gasteiger partial charge in [0.25, 0.3) is 0 Å². The number of amides is 1. The number of carbonyl (C=O) groups excluding carboxylic acids is 1. The first-order valence-electron chi connectivity index (χ1n) is 8.71. The van der Waals surface area contributed by atoms with Gasteiger partial charge < -0.3 is 10.1 Å². The highest BCUT2D eigenvalue weighted by Crippen LogP contribution is 2.14. The maximum atomic E-state index is 12.3. The van der Waals surface area contributed by atoms with E-state index in [4.69, 9.17) is 4.74 Å². The zero-order valence-electron chi connectivity index (χ0n) is 15.6. The van der Waals surface area contributed by atoms with Crippen molar-refractivity contribution in [1.29, 1.82) is 0 Å². The SMILES string of the molecule is CCc1ccc(C(C)NC(=O)CN(C)Cc2ccc(OC)cc2)cc1. The summed E-state index contributed by atoms with van der Waals surface area (Å²) in [6.45, 7) is 5.24. The van der Waals surface area contributed by atoms with Gasteiger partial charge in [0, 0.05) is 6.54 Å². The topological polar surface area (TPSA) is 41.6 Å². The Bertz CT molecular complexity index is 665. The molecule has 2 rings (SSSR count). The highest BCUT2D eigenvalue weighted by molar-refractivity contribution is 5.78. The minimum absolute atomic E-state index is 0.00722. The van der Waals surface area contributed by atoms with E-state index in [-0.39, 0.29) is 11.9 Å². The van der Waals surface area contributed by atoms with Gasteiger partial charge in [0.2, 0.25) is 5.91 Å². The summed E-state index contributed by atoms with van der Waals surface area (Å²) < 4.78 is 5.16. The number of likely N-dealkylation sites (N-methyl/N-ethyl adjacent to an activating group) is 1. The molecule has 2 aromatic rings. The van der Waals surface area contributed by atoms with Crippen LogP contribution in [0.1, 0.15) is 36.6 Å². The van der Waals surface area contributed by atoms with Gasteiger partial charge >= 0.3 is 0 Å². The number of ether oxygens (including phenoxy) is 1. The predicted octanol–water partition coefficient (Wildman–Crippen LogP) is 3.57. The fourth-order valence-corrected chi connectivity index (χ4v) is 2.76. The van der Waals surface area contributed by atoms with Crippen molar-refractivity contribution in [1.82, 2.24) is 10.2 Å². The smallest absolute Gasteiger partial charge is 0.234 e. The van der Waals surface area contributed by atoms with Crippen LogP contribution in [0.5, 0.6) is 5.75 Å². The molecular weight excluding hydrogens is 312 g/mol. The van der Waals surface area contributed by atoms with Crippen LogP contribution in [-0.2, 0) is 17.8 Å². The summed E-state index contributed by atoms with van der Waals surface area (Å²) in [5.74, 6) is 0.871. The number of nitrogens with one attached hydrogen (secondary N) is 1. The Kier molecular flexibility index (Phi) is 7.02. The quantitative estimate of drug-likeness (QED) is 0.799. The lowest BCUT2D eigenvalue weighted by molar-refractivity contribution is -0.122. The van der Waals surface area contributed by atoms with E-state index in [0.29, 0.717) is 6.54 Å². The number of aryl methyl sites for hydroxylation is 1. The molecule has 0 aliphatic rings. The molecule has 4 nitrogen and oxygen atoms in total. The van der Waals surface area contributed by atoms with Crippen LogP contribution in [0, 0.1) is 0 Å². The summed E-state index contributed by atoms with van der Waals surface area (Å²) in [6, 6.07) is 16.3. The molecule has 134 valence electrons. The average Bonchev–Trinajstić information content (AvgIpc) is 2.62. The van der Waals surface area contributed by atoms with E-state index in [1.165, 1.54) is 5.56 Å². The van der Waals surface area contributed by atoms with Crippen molar-refractivity contribution in [2.45, 2.75) is 32.9 Å². The molecule has 0 saturated carbocycles. The van der Waals surface area contributed by atoms with Gasteiger partial charge in [-0.1, -0.05) is 43.3 Å². The van der Waals surface area contributed by atoms with Crippen LogP contribution >= 0.6 is 0 Å². The molecule has 25 heavy (non-hydrogen) atoms. The number of hydrogen-bond donors (Lipinski definition) is 1. The Morgan fingerprint density at radius 3 is 2.24 bits per heavy atom. The van der Waals surface area contributed by atoms with Gasteiger partial charge in [-0.05, 0) is 49.2 Å². The second-order valence-electron chi connectivity index (χ2n) is 6.40. The summed E-state index contributed by atoms with van der Waals surface area (Å²) in [5.41, 5.74) is 3.59. The van der Waals surface area contributed by atoms with Crippen molar-refractivity contribution >= 4 is 5.91 Å². The lowest BCUT2D eigenvalue weighted by atomic mass is 10.1. The van der Waals surface area contributed by atoms with Gasteiger partial charge in [0.1, 0.15) is 5.75 Å². The molecule has 0 aliphatic heterocycles. The van der Waals surface area contributed by atoms with E-state index in [2.05, 4.69) is 36.5 Å². The van der Waals surface area contributed by atoms with Crippen LogP contribution in [0.3, 0.4) is 0 Å². The van der Waals surface area contributed by atoms with Crippen LogP contribution < -0.4 is 10.1 Å². The number of hydrogen-bond acceptors (Lipinski definition) is 3. The summed E-state index contributed by atoms with van der Waals surface area (Å²) in [5, 5.41) is 3.07. The third kappa shape index (κ3) is 5.91. The van der Waals surface area contributed by atoms with Crippen LogP contribution in [0.2, 0.25) is 0 Å². The van der Waals surface area contributed by atoms with Crippen molar-refractivity contribution in [3.05, 3.63) is 65.2 Å². The van der Waals surface area contributed by atoms with Gasteiger partial charge in [-0.3, -0.25) is 9.69 Å². The molecule has 0 heterocycles. The maximum absolute atomic E-state index is 12.3. The molecule has 0 radical (unpaired) electrons. The van der Waals surface area contributed by atoms with Gasteiger partial charge in [0.05, 0.1) is 19.7 Å². The first-order chi connectivity index (χ1) is 12.0. The van der Waals surface area contributed by atoms with E-state index in [1.807, 2.05) is 43.1 Å². The highest BCUT2D eigenvalue weighted by atomic mass is 16.5. The number of rotatable bonds is 8. The summed E-state index contributed by atoms with van der Waals surface area (Å²) >= 11 is 0. The fourth-order valence-electron chi connectivity index (χ4n) is 2.76. The number of carbonyl (C=O) groups is 1. The largest absolute Gasteiger partial charge is 0.497 e. The lowest BCUT2D eigenvalue weighted by Crippen LogP contribution is -2.36. The Hall–Kier alpha value is -2.33. The molecule has 1 N–H and O–H groups in total. The van der Waals surface area contributed by atoms with E-state index in [1.54, 1.807) is 7.11 Å². The molecule has 1 amide bonds. The van der Waals surface area contributed by atoms with Crippen molar-refractivity contribution < 1.29 is 9.53 Å². The highest BCUT2D eigenvalue weighted by Gasteiger charge is 2.12. The maximum Gasteiger partial charge on any atom is 0.234 e. The van der Waals surface area contributed by atoms with Crippen LogP contribution in [0.25, 0.3) is 0 Å². The number of methoxy groups -OCH3 is 1. The Balaban J connectivity index is 1.83. The van der Waals surface area contributed by atoms with Crippen LogP contribution in [0.4, 0.5) is 0 Å². The molecule has 0 aromatic heterocycles. The van der Waals surface area contributed by atoms with Gasteiger partial charge in [0.15, 0.2) is 0 Å². The molecule has 0 saturated heterocycles. The molecule has 0 fully saturated rings. The van der Waals surface area contributed by atoms with E-state index >= 15 is 0 Å². The Morgan fingerprint density at radius 2 is 1.68 bits per heavy atom. The molecular formula is C21H28N2O2. The van der Waals surface area contributed by atoms with Crippen molar-refractivity contribution in [3.63, 3.8) is 0 Å². The minimum Gasteiger partial charge on any atom is -0.497 e. The van der Waals surface area contributed by atoms with Crippen LogP contribution in [-0.4, -0.2) is 31.5 Å². The lowest BCUT2D eigenvalue weighted by Gasteiger charge is -2.19.